The normalized spacial score (nSPS) is 18.6. The third-order valence-electron chi connectivity index (χ3n) is 3.14. The molecule has 1 unspecified atom stereocenters. The number of carbonyl (C=O) groups is 1. The summed E-state index contributed by atoms with van der Waals surface area (Å²) in [4.78, 5) is 12.1. The highest BCUT2D eigenvalue weighted by atomic mass is 16.5. The van der Waals surface area contributed by atoms with E-state index in [4.69, 9.17) is 9.47 Å². The van der Waals surface area contributed by atoms with Crippen LogP contribution in [0.2, 0.25) is 0 Å². The fourth-order valence-corrected chi connectivity index (χ4v) is 2.18. The Morgan fingerprint density at radius 1 is 1.55 bits per heavy atom. The van der Waals surface area contributed by atoms with E-state index in [2.05, 4.69) is 10.6 Å². The molecule has 1 aromatic rings. The van der Waals surface area contributed by atoms with Gasteiger partial charge in [-0.3, -0.25) is 4.79 Å². The molecule has 5 nitrogen and oxygen atoms in total. The monoisotopic (exact) mass is 278 g/mol. The van der Waals surface area contributed by atoms with Gasteiger partial charge in [0.25, 0.3) is 0 Å². The number of hydrogen-bond donors (Lipinski definition) is 2. The van der Waals surface area contributed by atoms with Gasteiger partial charge in [-0.15, -0.1) is 0 Å². The molecule has 1 atom stereocenters. The number of morpholine rings is 1. The zero-order chi connectivity index (χ0) is 14.4. The molecule has 110 valence electrons. The molecule has 0 radical (unpaired) electrons. The molecule has 1 heterocycles. The van der Waals surface area contributed by atoms with Gasteiger partial charge in [-0.25, -0.2) is 0 Å². The molecule has 0 bridgehead atoms. The van der Waals surface area contributed by atoms with Gasteiger partial charge in [-0.05, 0) is 31.5 Å². The lowest BCUT2D eigenvalue weighted by Crippen LogP contribution is -2.43. The van der Waals surface area contributed by atoms with Crippen molar-refractivity contribution in [3.63, 3.8) is 0 Å². The lowest BCUT2D eigenvalue weighted by atomic mass is 10.1. The number of carbonyl (C=O) groups excluding carboxylic acids is 1. The van der Waals surface area contributed by atoms with Gasteiger partial charge in [0.1, 0.15) is 5.75 Å². The molecule has 0 spiro atoms. The average molecular weight is 278 g/mol. The van der Waals surface area contributed by atoms with Gasteiger partial charge in [0, 0.05) is 19.0 Å². The van der Waals surface area contributed by atoms with Crippen LogP contribution in [-0.4, -0.2) is 38.3 Å². The molecule has 1 aromatic carbocycles. The highest BCUT2D eigenvalue weighted by Crippen LogP contribution is 2.26. The third-order valence-corrected chi connectivity index (χ3v) is 3.14. The number of anilines is 1. The van der Waals surface area contributed by atoms with Crippen LogP contribution >= 0.6 is 0 Å². The summed E-state index contributed by atoms with van der Waals surface area (Å²) in [6.07, 6.45) is 0.402. The number of hydrogen-bond acceptors (Lipinski definition) is 4. The predicted molar refractivity (Wildman–Crippen MR) is 78.2 cm³/mol. The quantitative estimate of drug-likeness (QED) is 0.861. The van der Waals surface area contributed by atoms with Crippen LogP contribution < -0.4 is 15.4 Å². The van der Waals surface area contributed by atoms with Crippen molar-refractivity contribution in [1.29, 1.82) is 0 Å². The molecule has 0 aliphatic carbocycles. The van der Waals surface area contributed by atoms with E-state index in [9.17, 15) is 4.79 Å². The fourth-order valence-electron chi connectivity index (χ4n) is 2.18. The van der Waals surface area contributed by atoms with E-state index in [0.717, 1.165) is 17.8 Å². The average Bonchev–Trinajstić information content (AvgIpc) is 2.43. The number of nitrogens with one attached hydrogen (secondary N) is 2. The van der Waals surface area contributed by atoms with Crippen molar-refractivity contribution in [2.24, 2.45) is 0 Å². The Morgan fingerprint density at radius 2 is 2.40 bits per heavy atom. The van der Waals surface area contributed by atoms with Crippen LogP contribution in [0.1, 0.15) is 18.9 Å². The zero-order valence-corrected chi connectivity index (χ0v) is 12.1. The Hall–Kier alpha value is -1.59. The largest absolute Gasteiger partial charge is 0.492 e. The van der Waals surface area contributed by atoms with E-state index in [1.54, 1.807) is 0 Å². The Kier molecular flexibility index (Phi) is 5.38. The van der Waals surface area contributed by atoms with Crippen molar-refractivity contribution in [2.75, 3.05) is 31.7 Å². The Balaban J connectivity index is 1.96. The second-order valence-electron chi connectivity index (χ2n) is 4.91. The van der Waals surface area contributed by atoms with Crippen LogP contribution in [0.4, 0.5) is 5.69 Å². The maximum Gasteiger partial charge on any atom is 0.226 e. The molecular weight excluding hydrogens is 256 g/mol. The van der Waals surface area contributed by atoms with Crippen molar-refractivity contribution in [2.45, 2.75) is 26.3 Å². The second kappa shape index (κ2) is 7.26. The topological polar surface area (TPSA) is 59.6 Å². The van der Waals surface area contributed by atoms with Crippen molar-refractivity contribution >= 4 is 11.6 Å². The van der Waals surface area contributed by atoms with Gasteiger partial charge in [0.05, 0.1) is 25.5 Å². The molecule has 1 aliphatic rings. The van der Waals surface area contributed by atoms with E-state index in [1.807, 2.05) is 32.0 Å². The van der Waals surface area contributed by atoms with E-state index in [-0.39, 0.29) is 11.9 Å². The molecular formula is C15H22N2O3. The van der Waals surface area contributed by atoms with Crippen LogP contribution in [0.5, 0.6) is 5.75 Å². The van der Waals surface area contributed by atoms with E-state index in [1.165, 1.54) is 0 Å². The van der Waals surface area contributed by atoms with E-state index in [0.29, 0.717) is 32.0 Å². The van der Waals surface area contributed by atoms with Crippen LogP contribution in [-0.2, 0) is 9.53 Å². The minimum absolute atomic E-state index is 0.0298. The summed E-state index contributed by atoms with van der Waals surface area (Å²) in [5, 5.41) is 6.18. The molecule has 5 heteroatoms. The lowest BCUT2D eigenvalue weighted by Gasteiger charge is -2.23. The molecule has 1 aliphatic heterocycles. The van der Waals surface area contributed by atoms with Crippen LogP contribution in [0, 0.1) is 6.92 Å². The Bertz CT molecular complexity index is 456. The van der Waals surface area contributed by atoms with Gasteiger partial charge >= 0.3 is 0 Å². The lowest BCUT2D eigenvalue weighted by molar-refractivity contribution is -0.117. The predicted octanol–water partition coefficient (Wildman–Crippen LogP) is 1.71. The summed E-state index contributed by atoms with van der Waals surface area (Å²) < 4.78 is 10.9. The van der Waals surface area contributed by atoms with Gasteiger partial charge in [-0.2, -0.15) is 0 Å². The Labute approximate surface area is 119 Å². The molecule has 0 saturated carbocycles. The minimum Gasteiger partial charge on any atom is -0.492 e. The molecule has 1 amide bonds. The van der Waals surface area contributed by atoms with Gasteiger partial charge in [0.2, 0.25) is 5.91 Å². The first-order valence-corrected chi connectivity index (χ1v) is 7.03. The number of benzene rings is 1. The molecule has 2 rings (SSSR count). The summed E-state index contributed by atoms with van der Waals surface area (Å²) in [6, 6.07) is 5.86. The van der Waals surface area contributed by atoms with Crippen LogP contribution in [0.3, 0.4) is 0 Å². The minimum atomic E-state index is -0.0298. The third kappa shape index (κ3) is 4.21. The van der Waals surface area contributed by atoms with Crippen LogP contribution in [0.25, 0.3) is 0 Å². The van der Waals surface area contributed by atoms with Crippen molar-refractivity contribution < 1.29 is 14.3 Å². The summed E-state index contributed by atoms with van der Waals surface area (Å²) in [7, 11) is 0. The SMILES string of the molecule is CCOc1cc(C)ccc1NC(=O)CC1COCCN1. The van der Waals surface area contributed by atoms with Gasteiger partial charge in [0.15, 0.2) is 0 Å². The van der Waals surface area contributed by atoms with E-state index >= 15 is 0 Å². The smallest absolute Gasteiger partial charge is 0.226 e. The summed E-state index contributed by atoms with van der Waals surface area (Å²) in [5.74, 6) is 0.687. The summed E-state index contributed by atoms with van der Waals surface area (Å²) >= 11 is 0. The Morgan fingerprint density at radius 3 is 3.10 bits per heavy atom. The second-order valence-corrected chi connectivity index (χ2v) is 4.91. The maximum absolute atomic E-state index is 12.1. The number of aryl methyl sites for hydroxylation is 1. The summed E-state index contributed by atoms with van der Waals surface area (Å²) in [6.45, 7) is 6.59. The van der Waals surface area contributed by atoms with Crippen molar-refractivity contribution in [1.82, 2.24) is 5.32 Å². The highest BCUT2D eigenvalue weighted by molar-refractivity contribution is 5.92. The van der Waals surface area contributed by atoms with Gasteiger partial charge in [-0.1, -0.05) is 6.07 Å². The molecule has 0 aromatic heterocycles. The molecule has 1 saturated heterocycles. The van der Waals surface area contributed by atoms with Crippen molar-refractivity contribution in [3.05, 3.63) is 23.8 Å². The number of ether oxygens (including phenoxy) is 2. The standard InChI is InChI=1S/C15H22N2O3/c1-3-20-14-8-11(2)4-5-13(14)17-15(18)9-12-10-19-7-6-16-12/h4-5,8,12,16H,3,6-7,9-10H2,1-2H3,(H,17,18). The summed E-state index contributed by atoms with van der Waals surface area (Å²) in [5.41, 5.74) is 1.83. The number of rotatable bonds is 5. The first-order valence-electron chi connectivity index (χ1n) is 7.03. The highest BCUT2D eigenvalue weighted by Gasteiger charge is 2.17. The fraction of sp³-hybridized carbons (Fsp3) is 0.533. The zero-order valence-electron chi connectivity index (χ0n) is 12.1. The number of amides is 1. The van der Waals surface area contributed by atoms with Gasteiger partial charge < -0.3 is 20.1 Å². The van der Waals surface area contributed by atoms with E-state index < -0.39 is 0 Å². The van der Waals surface area contributed by atoms with Crippen molar-refractivity contribution in [3.8, 4) is 5.75 Å². The first-order chi connectivity index (χ1) is 9.69. The first kappa shape index (κ1) is 14.8. The molecule has 2 N–H and O–H groups in total. The van der Waals surface area contributed by atoms with Crippen LogP contribution in [0.15, 0.2) is 18.2 Å². The molecule has 20 heavy (non-hydrogen) atoms. The maximum atomic E-state index is 12.1. The molecule has 1 fully saturated rings.